The lowest BCUT2D eigenvalue weighted by molar-refractivity contribution is -0.135. The lowest BCUT2D eigenvalue weighted by Gasteiger charge is -2.22. The van der Waals surface area contributed by atoms with Gasteiger partial charge in [0.1, 0.15) is 12.3 Å². The number of carbonyl (C=O) groups excluding carboxylic acids is 2. The molecule has 0 radical (unpaired) electrons. The van der Waals surface area contributed by atoms with Crippen molar-refractivity contribution >= 4 is 33.5 Å². The van der Waals surface area contributed by atoms with Gasteiger partial charge in [-0.2, -0.15) is 8.42 Å². The summed E-state index contributed by atoms with van der Waals surface area (Å²) in [5.74, 6) is -0.675. The molecule has 9 nitrogen and oxygen atoms in total. The van der Waals surface area contributed by atoms with Crippen molar-refractivity contribution in [1.29, 1.82) is 0 Å². The van der Waals surface area contributed by atoms with Gasteiger partial charge in [0, 0.05) is 11.9 Å². The van der Waals surface area contributed by atoms with E-state index in [4.69, 9.17) is 4.74 Å². The predicted molar refractivity (Wildman–Crippen MR) is 95.1 cm³/mol. The molecule has 1 aromatic carbocycles. The smallest absolute Gasteiger partial charge is 0.344 e. The number of esters is 1. The van der Waals surface area contributed by atoms with Gasteiger partial charge in [0.2, 0.25) is 5.91 Å². The van der Waals surface area contributed by atoms with Crippen LogP contribution in [0.4, 0.5) is 5.69 Å². The number of nitrogens with one attached hydrogen (secondary N) is 1. The molecule has 0 aliphatic carbocycles. The van der Waals surface area contributed by atoms with E-state index in [1.807, 2.05) is 6.92 Å². The zero-order valence-corrected chi connectivity index (χ0v) is 15.4. The Balaban J connectivity index is 2.11. The zero-order chi connectivity index (χ0) is 19.3. The Morgan fingerprint density at radius 2 is 1.88 bits per heavy atom. The molecule has 26 heavy (non-hydrogen) atoms. The van der Waals surface area contributed by atoms with Crippen LogP contribution in [0.2, 0.25) is 0 Å². The summed E-state index contributed by atoms with van der Waals surface area (Å²) in [7, 11) is -2.92. The summed E-state index contributed by atoms with van der Waals surface area (Å²) in [4.78, 5) is 23.9. The average molecular weight is 381 g/mol. The van der Waals surface area contributed by atoms with Crippen LogP contribution in [0.15, 0.2) is 40.4 Å². The number of hydrogen-bond acceptors (Lipinski definition) is 6. The summed E-state index contributed by atoms with van der Waals surface area (Å²) in [5, 5.41) is 2.57. The Hall–Kier alpha value is -2.88. The molecule has 140 valence electrons. The number of carbonyl (C=O) groups is 2. The van der Waals surface area contributed by atoms with E-state index in [-0.39, 0.29) is 11.3 Å². The van der Waals surface area contributed by atoms with Crippen LogP contribution in [0.5, 0.6) is 5.75 Å². The fourth-order valence-electron chi connectivity index (χ4n) is 2.16. The highest BCUT2D eigenvalue weighted by Gasteiger charge is 2.29. The minimum Gasteiger partial charge on any atom is -0.494 e. The first-order valence-electron chi connectivity index (χ1n) is 7.68. The monoisotopic (exact) mass is 381 g/mol. The Labute approximate surface area is 151 Å². The molecule has 10 heteroatoms. The molecule has 1 aliphatic heterocycles. The standard InChI is InChI=1S/C16H19N3O6S/c1-4-25-13-7-5-12(6-8-13)17-15(20)10-19-9-14(16(21)24-3)11(2)18-26(19,22)23/h5-9H,4,10H2,1-3H3,(H,17,20). The molecule has 0 fully saturated rings. The van der Waals surface area contributed by atoms with Crippen molar-refractivity contribution in [3.63, 3.8) is 0 Å². The number of methoxy groups -OCH3 is 1. The van der Waals surface area contributed by atoms with Gasteiger partial charge in [-0.15, -0.1) is 4.40 Å². The minimum absolute atomic E-state index is 0.0000195. The van der Waals surface area contributed by atoms with E-state index in [2.05, 4.69) is 14.5 Å². The van der Waals surface area contributed by atoms with E-state index in [1.54, 1.807) is 24.3 Å². The Bertz CT molecular complexity index is 858. The topological polar surface area (TPSA) is 114 Å². The molecule has 0 saturated heterocycles. The summed E-state index contributed by atoms with van der Waals surface area (Å²) < 4.78 is 38.3. The molecule has 0 atom stereocenters. The van der Waals surface area contributed by atoms with Gasteiger partial charge in [-0.25, -0.2) is 9.10 Å². The van der Waals surface area contributed by atoms with Gasteiger partial charge in [0.25, 0.3) is 0 Å². The summed E-state index contributed by atoms with van der Waals surface area (Å²) in [6.07, 6.45) is 1.04. The van der Waals surface area contributed by atoms with E-state index in [0.717, 1.165) is 6.20 Å². The van der Waals surface area contributed by atoms with Crippen molar-refractivity contribution < 1.29 is 27.5 Å². The van der Waals surface area contributed by atoms with Crippen molar-refractivity contribution in [1.82, 2.24) is 4.31 Å². The molecule has 1 aromatic rings. The van der Waals surface area contributed by atoms with E-state index in [9.17, 15) is 18.0 Å². The number of rotatable bonds is 6. The van der Waals surface area contributed by atoms with Gasteiger partial charge >= 0.3 is 16.2 Å². The lowest BCUT2D eigenvalue weighted by Crippen LogP contribution is -2.37. The first-order valence-corrected chi connectivity index (χ1v) is 9.08. The second-order valence-electron chi connectivity index (χ2n) is 5.24. The van der Waals surface area contributed by atoms with Crippen molar-refractivity contribution in [3.05, 3.63) is 36.0 Å². The highest BCUT2D eigenvalue weighted by molar-refractivity contribution is 7.88. The number of amides is 1. The van der Waals surface area contributed by atoms with Gasteiger partial charge in [-0.3, -0.25) is 4.79 Å². The van der Waals surface area contributed by atoms with Crippen molar-refractivity contribution in [2.75, 3.05) is 25.6 Å². The summed E-state index contributed by atoms with van der Waals surface area (Å²) >= 11 is 0. The molecular weight excluding hydrogens is 362 g/mol. The van der Waals surface area contributed by atoms with Crippen LogP contribution in [0, 0.1) is 0 Å². The van der Waals surface area contributed by atoms with Crippen molar-refractivity contribution in [2.45, 2.75) is 13.8 Å². The molecule has 1 heterocycles. The molecule has 1 N–H and O–H groups in total. The first-order chi connectivity index (χ1) is 12.3. The summed E-state index contributed by atoms with van der Waals surface area (Å²) in [6.45, 7) is 3.22. The Morgan fingerprint density at radius 1 is 1.23 bits per heavy atom. The Kier molecular flexibility index (Phi) is 5.98. The zero-order valence-electron chi connectivity index (χ0n) is 14.6. The van der Waals surface area contributed by atoms with Crippen molar-refractivity contribution in [2.24, 2.45) is 4.40 Å². The van der Waals surface area contributed by atoms with Crippen LogP contribution in [0.25, 0.3) is 0 Å². The maximum Gasteiger partial charge on any atom is 0.344 e. The van der Waals surface area contributed by atoms with Gasteiger partial charge in [0.15, 0.2) is 0 Å². The van der Waals surface area contributed by atoms with E-state index in [0.29, 0.717) is 22.3 Å². The third-order valence-corrected chi connectivity index (χ3v) is 4.70. The maximum absolute atomic E-state index is 12.2. The third kappa shape index (κ3) is 4.60. The summed E-state index contributed by atoms with van der Waals surface area (Å²) in [5.41, 5.74) is 0.445. The molecular formula is C16H19N3O6S. The quantitative estimate of drug-likeness (QED) is 0.738. The molecule has 0 bridgehead atoms. The average Bonchev–Trinajstić information content (AvgIpc) is 2.58. The minimum atomic E-state index is -4.09. The molecule has 1 aliphatic rings. The third-order valence-electron chi connectivity index (χ3n) is 3.37. The first kappa shape index (κ1) is 19.4. The number of ether oxygens (including phenoxy) is 2. The lowest BCUT2D eigenvalue weighted by atomic mass is 10.2. The maximum atomic E-state index is 12.2. The molecule has 0 spiro atoms. The molecule has 0 saturated carbocycles. The molecule has 0 unspecified atom stereocenters. The fraction of sp³-hybridized carbons (Fsp3) is 0.312. The highest BCUT2D eigenvalue weighted by atomic mass is 32.2. The Morgan fingerprint density at radius 3 is 2.46 bits per heavy atom. The predicted octanol–water partition coefficient (Wildman–Crippen LogP) is 1.10. The van der Waals surface area contributed by atoms with Crippen LogP contribution in [-0.2, 0) is 24.5 Å². The van der Waals surface area contributed by atoms with Crippen LogP contribution in [0.3, 0.4) is 0 Å². The number of benzene rings is 1. The van der Waals surface area contributed by atoms with E-state index < -0.39 is 28.6 Å². The molecule has 2 rings (SSSR count). The second kappa shape index (κ2) is 8.00. The van der Waals surface area contributed by atoms with Crippen LogP contribution < -0.4 is 10.1 Å². The van der Waals surface area contributed by atoms with Crippen LogP contribution in [-0.4, -0.2) is 50.6 Å². The second-order valence-corrected chi connectivity index (χ2v) is 6.79. The number of hydrogen-bond donors (Lipinski definition) is 1. The molecule has 1 amide bonds. The fourth-order valence-corrected chi connectivity index (χ4v) is 3.23. The van der Waals surface area contributed by atoms with Gasteiger partial charge in [-0.1, -0.05) is 0 Å². The normalized spacial score (nSPS) is 15.6. The van der Waals surface area contributed by atoms with Crippen LogP contribution in [0.1, 0.15) is 13.8 Å². The van der Waals surface area contributed by atoms with Crippen LogP contribution >= 0.6 is 0 Å². The van der Waals surface area contributed by atoms with Gasteiger partial charge in [0.05, 0.1) is 25.0 Å². The SMILES string of the molecule is CCOc1ccc(NC(=O)CN2C=C(C(=O)OC)C(C)=NS2(=O)=O)cc1. The van der Waals surface area contributed by atoms with E-state index in [1.165, 1.54) is 14.0 Å². The number of nitrogens with zero attached hydrogens (tertiary/aromatic N) is 2. The van der Waals surface area contributed by atoms with Crippen molar-refractivity contribution in [3.8, 4) is 5.75 Å². The molecule has 0 aromatic heterocycles. The van der Waals surface area contributed by atoms with Gasteiger partial charge in [-0.05, 0) is 38.1 Å². The highest BCUT2D eigenvalue weighted by Crippen LogP contribution is 2.18. The number of anilines is 1. The summed E-state index contributed by atoms with van der Waals surface area (Å²) in [6, 6.07) is 6.62. The largest absolute Gasteiger partial charge is 0.494 e. The van der Waals surface area contributed by atoms with Gasteiger partial charge < -0.3 is 14.8 Å². The van der Waals surface area contributed by atoms with E-state index >= 15 is 0 Å².